The van der Waals surface area contributed by atoms with E-state index in [1.54, 1.807) is 6.20 Å². The maximum Gasteiger partial charge on any atom is 0.168 e. The van der Waals surface area contributed by atoms with Crippen LogP contribution in [-0.4, -0.2) is 25.3 Å². The molecule has 1 aliphatic rings. The number of sulfone groups is 1. The molecule has 0 saturated heterocycles. The minimum Gasteiger partial charge on any atom is -0.301 e. The standard InChI is InChI=1S/C14H22N2O2S/c1-14(2,3)11-6-7-15-13(8-11)9-19(17,18)10-16-12-4-5-12/h6-8,12,16H,4-5,9-10H2,1-3H3. The van der Waals surface area contributed by atoms with Gasteiger partial charge in [-0.2, -0.15) is 0 Å². The number of nitrogens with zero attached hydrogens (tertiary/aromatic N) is 1. The van der Waals surface area contributed by atoms with Crippen molar-refractivity contribution >= 4 is 9.84 Å². The molecule has 5 heteroatoms. The van der Waals surface area contributed by atoms with Crippen molar-refractivity contribution in [3.63, 3.8) is 0 Å². The van der Waals surface area contributed by atoms with E-state index < -0.39 is 9.84 Å². The Balaban J connectivity index is 2.05. The van der Waals surface area contributed by atoms with E-state index in [1.807, 2.05) is 12.1 Å². The first-order valence-corrected chi connectivity index (χ1v) is 8.48. The fraction of sp³-hybridized carbons (Fsp3) is 0.643. The second kappa shape index (κ2) is 5.21. The third-order valence-electron chi connectivity index (χ3n) is 3.22. The molecule has 0 atom stereocenters. The minimum absolute atomic E-state index is 0.00765. The highest BCUT2D eigenvalue weighted by molar-refractivity contribution is 7.90. The Morgan fingerprint density at radius 2 is 2.05 bits per heavy atom. The molecule has 0 radical (unpaired) electrons. The number of aromatic nitrogens is 1. The molecule has 0 amide bonds. The van der Waals surface area contributed by atoms with Gasteiger partial charge in [0, 0.05) is 12.2 Å². The normalized spacial score (nSPS) is 16.6. The van der Waals surface area contributed by atoms with Crippen LogP contribution in [0.1, 0.15) is 44.9 Å². The van der Waals surface area contributed by atoms with E-state index in [2.05, 4.69) is 31.1 Å². The number of pyridine rings is 1. The van der Waals surface area contributed by atoms with Crippen molar-refractivity contribution in [3.8, 4) is 0 Å². The molecule has 19 heavy (non-hydrogen) atoms. The molecule has 4 nitrogen and oxygen atoms in total. The molecule has 0 unspecified atom stereocenters. The maximum atomic E-state index is 12.0. The van der Waals surface area contributed by atoms with Gasteiger partial charge in [-0.1, -0.05) is 20.8 Å². The topological polar surface area (TPSA) is 59.1 Å². The summed E-state index contributed by atoms with van der Waals surface area (Å²) in [5.74, 6) is 0.0652. The summed E-state index contributed by atoms with van der Waals surface area (Å²) in [6.45, 7) is 6.32. The molecular weight excluding hydrogens is 260 g/mol. The fourth-order valence-corrected chi connectivity index (χ4v) is 3.03. The van der Waals surface area contributed by atoms with Crippen molar-refractivity contribution < 1.29 is 8.42 Å². The summed E-state index contributed by atoms with van der Waals surface area (Å²) in [6, 6.07) is 4.25. The van der Waals surface area contributed by atoms with Gasteiger partial charge in [-0.05, 0) is 36.0 Å². The quantitative estimate of drug-likeness (QED) is 0.897. The summed E-state index contributed by atoms with van der Waals surface area (Å²) in [6.07, 6.45) is 3.88. The second-order valence-corrected chi connectivity index (χ2v) is 8.36. The van der Waals surface area contributed by atoms with Crippen LogP contribution in [0, 0.1) is 0 Å². The molecule has 2 rings (SSSR count). The van der Waals surface area contributed by atoms with Crippen LogP contribution in [0.15, 0.2) is 18.3 Å². The number of hydrogen-bond donors (Lipinski definition) is 1. The Kier molecular flexibility index (Phi) is 3.97. The van der Waals surface area contributed by atoms with Crippen LogP contribution in [0.25, 0.3) is 0 Å². The molecule has 1 N–H and O–H groups in total. The first-order valence-electron chi connectivity index (χ1n) is 6.65. The number of nitrogens with one attached hydrogen (secondary N) is 1. The Labute approximate surface area is 115 Å². The summed E-state index contributed by atoms with van der Waals surface area (Å²) in [7, 11) is -3.13. The highest BCUT2D eigenvalue weighted by atomic mass is 32.2. The van der Waals surface area contributed by atoms with Crippen LogP contribution in [0.3, 0.4) is 0 Å². The van der Waals surface area contributed by atoms with Gasteiger partial charge in [0.05, 0.1) is 17.3 Å². The Morgan fingerprint density at radius 3 is 2.63 bits per heavy atom. The molecule has 1 heterocycles. The van der Waals surface area contributed by atoms with E-state index >= 15 is 0 Å². The average molecular weight is 282 g/mol. The van der Waals surface area contributed by atoms with Gasteiger partial charge in [-0.25, -0.2) is 8.42 Å². The van der Waals surface area contributed by atoms with Gasteiger partial charge < -0.3 is 5.32 Å². The number of hydrogen-bond acceptors (Lipinski definition) is 4. The summed E-state index contributed by atoms with van der Waals surface area (Å²) in [5, 5.41) is 3.05. The molecule has 1 fully saturated rings. The lowest BCUT2D eigenvalue weighted by molar-refractivity contribution is 0.581. The SMILES string of the molecule is CC(C)(C)c1ccnc(CS(=O)(=O)CNC2CC2)c1. The first-order chi connectivity index (χ1) is 8.76. The molecule has 106 valence electrons. The van der Waals surface area contributed by atoms with Gasteiger partial charge in [0.1, 0.15) is 0 Å². The maximum absolute atomic E-state index is 12.0. The monoisotopic (exact) mass is 282 g/mol. The highest BCUT2D eigenvalue weighted by Gasteiger charge is 2.24. The molecular formula is C14H22N2O2S. The molecule has 1 aromatic rings. The lowest BCUT2D eigenvalue weighted by Gasteiger charge is -2.19. The van der Waals surface area contributed by atoms with Crippen molar-refractivity contribution in [1.82, 2.24) is 10.3 Å². The van der Waals surface area contributed by atoms with Crippen molar-refractivity contribution in [2.75, 3.05) is 5.88 Å². The minimum atomic E-state index is -3.13. The van der Waals surface area contributed by atoms with Crippen LogP contribution < -0.4 is 5.32 Å². The van der Waals surface area contributed by atoms with E-state index in [0.717, 1.165) is 18.4 Å². The zero-order valence-corrected chi connectivity index (χ0v) is 12.6. The molecule has 1 aliphatic carbocycles. The van der Waals surface area contributed by atoms with Gasteiger partial charge >= 0.3 is 0 Å². The smallest absolute Gasteiger partial charge is 0.168 e. The fourth-order valence-electron chi connectivity index (χ4n) is 1.83. The van der Waals surface area contributed by atoms with Gasteiger partial charge in [-0.3, -0.25) is 4.98 Å². The van der Waals surface area contributed by atoms with E-state index in [0.29, 0.717) is 11.7 Å². The first kappa shape index (κ1) is 14.5. The Hall–Kier alpha value is -0.940. The third-order valence-corrected chi connectivity index (χ3v) is 4.56. The molecule has 0 bridgehead atoms. The van der Waals surface area contributed by atoms with Gasteiger partial charge in [0.25, 0.3) is 0 Å². The predicted molar refractivity (Wildman–Crippen MR) is 76.6 cm³/mol. The summed E-state index contributed by atoms with van der Waals surface area (Å²) < 4.78 is 24.0. The Bertz CT molecular complexity index is 543. The average Bonchev–Trinajstić information content (AvgIpc) is 3.09. The van der Waals surface area contributed by atoms with Crippen LogP contribution in [0.4, 0.5) is 0 Å². The van der Waals surface area contributed by atoms with Crippen LogP contribution in [-0.2, 0) is 21.0 Å². The Morgan fingerprint density at radius 1 is 1.37 bits per heavy atom. The zero-order valence-electron chi connectivity index (χ0n) is 11.8. The van der Waals surface area contributed by atoms with Crippen molar-refractivity contribution in [1.29, 1.82) is 0 Å². The van der Waals surface area contributed by atoms with Crippen LogP contribution in [0.2, 0.25) is 0 Å². The lowest BCUT2D eigenvalue weighted by Crippen LogP contribution is -2.26. The largest absolute Gasteiger partial charge is 0.301 e. The lowest BCUT2D eigenvalue weighted by atomic mass is 9.87. The van der Waals surface area contributed by atoms with Crippen molar-refractivity contribution in [3.05, 3.63) is 29.6 Å². The van der Waals surface area contributed by atoms with E-state index in [1.165, 1.54) is 0 Å². The van der Waals surface area contributed by atoms with Crippen LogP contribution in [0.5, 0.6) is 0 Å². The predicted octanol–water partition coefficient (Wildman–Crippen LogP) is 2.00. The van der Waals surface area contributed by atoms with E-state index in [9.17, 15) is 8.42 Å². The number of rotatable bonds is 5. The van der Waals surface area contributed by atoms with Gasteiger partial charge in [0.15, 0.2) is 9.84 Å². The van der Waals surface area contributed by atoms with E-state index in [4.69, 9.17) is 0 Å². The molecule has 0 aromatic carbocycles. The second-order valence-electron chi connectivity index (χ2n) is 6.30. The van der Waals surface area contributed by atoms with Gasteiger partial charge in [-0.15, -0.1) is 0 Å². The molecule has 1 saturated carbocycles. The summed E-state index contributed by atoms with van der Waals surface area (Å²) >= 11 is 0. The third kappa shape index (κ3) is 4.58. The van der Waals surface area contributed by atoms with E-state index in [-0.39, 0.29) is 17.0 Å². The van der Waals surface area contributed by atoms with Crippen molar-refractivity contribution in [2.45, 2.75) is 50.8 Å². The molecule has 0 aliphatic heterocycles. The van der Waals surface area contributed by atoms with Gasteiger partial charge in [0.2, 0.25) is 0 Å². The van der Waals surface area contributed by atoms with Crippen molar-refractivity contribution in [2.24, 2.45) is 0 Å². The molecule has 1 aromatic heterocycles. The summed E-state index contributed by atoms with van der Waals surface area (Å²) in [5.41, 5.74) is 1.75. The highest BCUT2D eigenvalue weighted by Crippen LogP contribution is 2.23. The summed E-state index contributed by atoms with van der Waals surface area (Å²) in [4.78, 5) is 4.17. The van der Waals surface area contributed by atoms with Crippen LogP contribution >= 0.6 is 0 Å². The zero-order chi connectivity index (χ0) is 14.1. The molecule has 0 spiro atoms.